The van der Waals surface area contributed by atoms with Crippen LogP contribution in [0.1, 0.15) is 37.0 Å². The number of carboxylic acid groups (broad SMARTS) is 1. The third kappa shape index (κ3) is 3.87. The van der Waals surface area contributed by atoms with E-state index in [9.17, 15) is 9.59 Å². The maximum atomic E-state index is 12.2. The van der Waals surface area contributed by atoms with Crippen LogP contribution in [-0.4, -0.2) is 34.5 Å². The lowest BCUT2D eigenvalue weighted by Crippen LogP contribution is -2.37. The minimum atomic E-state index is -0.851. The van der Waals surface area contributed by atoms with Gasteiger partial charge in [-0.15, -0.1) is 0 Å². The van der Waals surface area contributed by atoms with Gasteiger partial charge in [-0.2, -0.15) is 0 Å². The first-order valence-electron chi connectivity index (χ1n) is 5.69. The van der Waals surface area contributed by atoms with Crippen molar-refractivity contribution in [3.63, 3.8) is 0 Å². The summed E-state index contributed by atoms with van der Waals surface area (Å²) in [4.78, 5) is 24.3. The second-order valence-electron chi connectivity index (χ2n) is 4.20. The quantitative estimate of drug-likeness (QED) is 0.875. The van der Waals surface area contributed by atoms with Crippen molar-refractivity contribution in [1.29, 1.82) is 0 Å². The summed E-state index contributed by atoms with van der Waals surface area (Å²) < 4.78 is 5.43. The molecule has 6 heteroatoms. The van der Waals surface area contributed by atoms with Crippen LogP contribution in [0.2, 0.25) is 0 Å². The van der Waals surface area contributed by atoms with Crippen LogP contribution in [0.3, 0.4) is 0 Å². The van der Waals surface area contributed by atoms with E-state index in [0.717, 1.165) is 0 Å². The molecular formula is C12H16BrNO4. The van der Waals surface area contributed by atoms with E-state index in [-0.39, 0.29) is 18.4 Å². The van der Waals surface area contributed by atoms with Crippen LogP contribution in [0.25, 0.3) is 0 Å². The van der Waals surface area contributed by atoms with Gasteiger partial charge in [-0.25, -0.2) is 0 Å². The first kappa shape index (κ1) is 14.8. The van der Waals surface area contributed by atoms with E-state index >= 15 is 0 Å². The summed E-state index contributed by atoms with van der Waals surface area (Å²) >= 11 is 3.17. The standard InChI is InChI=1S/C12H16BrNO4/c1-8(2)14(6-3-4-10(15)16)12(17)9-5-7-18-11(9)13/h5,7-8H,3-4,6H2,1-2H3,(H,15,16). The highest BCUT2D eigenvalue weighted by Crippen LogP contribution is 2.20. The van der Waals surface area contributed by atoms with Gasteiger partial charge in [0.2, 0.25) is 0 Å². The molecule has 0 spiro atoms. The number of carbonyl (C=O) groups excluding carboxylic acids is 1. The number of hydrogen-bond donors (Lipinski definition) is 1. The first-order valence-corrected chi connectivity index (χ1v) is 6.48. The maximum Gasteiger partial charge on any atom is 0.303 e. The molecule has 5 nitrogen and oxygen atoms in total. The topological polar surface area (TPSA) is 70.8 Å². The Balaban J connectivity index is 2.70. The largest absolute Gasteiger partial charge is 0.481 e. The van der Waals surface area contributed by atoms with Gasteiger partial charge in [0.1, 0.15) is 0 Å². The molecule has 0 aliphatic rings. The molecule has 1 heterocycles. The molecule has 1 amide bonds. The van der Waals surface area contributed by atoms with E-state index in [4.69, 9.17) is 9.52 Å². The highest BCUT2D eigenvalue weighted by Gasteiger charge is 2.22. The van der Waals surface area contributed by atoms with E-state index in [1.54, 1.807) is 11.0 Å². The van der Waals surface area contributed by atoms with Crippen molar-refractivity contribution >= 4 is 27.8 Å². The number of hydrogen-bond acceptors (Lipinski definition) is 3. The summed E-state index contributed by atoms with van der Waals surface area (Å²) in [5.74, 6) is -1.01. The third-order valence-corrected chi connectivity index (χ3v) is 3.14. The Labute approximate surface area is 114 Å². The van der Waals surface area contributed by atoms with Crippen molar-refractivity contribution in [2.75, 3.05) is 6.54 Å². The molecule has 0 aliphatic carbocycles. The molecule has 0 bridgehead atoms. The SMILES string of the molecule is CC(C)N(CCCC(=O)O)C(=O)c1ccoc1Br. The zero-order valence-corrected chi connectivity index (χ0v) is 11.9. The first-order chi connectivity index (χ1) is 8.43. The fourth-order valence-electron chi connectivity index (χ4n) is 1.60. The molecule has 1 N–H and O–H groups in total. The third-order valence-electron chi connectivity index (χ3n) is 2.52. The van der Waals surface area contributed by atoms with Gasteiger partial charge >= 0.3 is 5.97 Å². The van der Waals surface area contributed by atoms with Crippen molar-refractivity contribution in [1.82, 2.24) is 4.90 Å². The highest BCUT2D eigenvalue weighted by atomic mass is 79.9. The van der Waals surface area contributed by atoms with Crippen molar-refractivity contribution in [3.05, 3.63) is 22.6 Å². The summed E-state index contributed by atoms with van der Waals surface area (Å²) in [6, 6.07) is 1.60. The van der Waals surface area contributed by atoms with E-state index < -0.39 is 5.97 Å². The van der Waals surface area contributed by atoms with Crippen molar-refractivity contribution in [2.24, 2.45) is 0 Å². The number of furan rings is 1. The summed E-state index contributed by atoms with van der Waals surface area (Å²) in [6.07, 6.45) is 1.94. The lowest BCUT2D eigenvalue weighted by atomic mass is 10.2. The zero-order valence-electron chi connectivity index (χ0n) is 10.4. The van der Waals surface area contributed by atoms with E-state index in [1.807, 2.05) is 13.8 Å². The smallest absolute Gasteiger partial charge is 0.303 e. The minimum absolute atomic E-state index is 0.00750. The molecule has 0 fully saturated rings. The molecule has 0 atom stereocenters. The Bertz CT molecular complexity index is 427. The molecule has 1 rings (SSSR count). The molecule has 18 heavy (non-hydrogen) atoms. The van der Waals surface area contributed by atoms with Gasteiger partial charge < -0.3 is 14.4 Å². The molecule has 0 saturated carbocycles. The molecule has 1 aromatic heterocycles. The second-order valence-corrected chi connectivity index (χ2v) is 4.92. The predicted octanol–water partition coefficient (Wildman–Crippen LogP) is 2.76. The molecule has 0 saturated heterocycles. The van der Waals surface area contributed by atoms with Crippen LogP contribution in [0.15, 0.2) is 21.4 Å². The molecule has 0 aliphatic heterocycles. The predicted molar refractivity (Wildman–Crippen MR) is 69.5 cm³/mol. The van der Waals surface area contributed by atoms with Crippen LogP contribution in [0.4, 0.5) is 0 Å². The van der Waals surface area contributed by atoms with Crippen molar-refractivity contribution in [2.45, 2.75) is 32.7 Å². The van der Waals surface area contributed by atoms with Crippen LogP contribution in [-0.2, 0) is 4.79 Å². The monoisotopic (exact) mass is 317 g/mol. The molecule has 0 radical (unpaired) electrons. The number of halogens is 1. The normalized spacial score (nSPS) is 10.7. The minimum Gasteiger partial charge on any atom is -0.481 e. The summed E-state index contributed by atoms with van der Waals surface area (Å²) in [7, 11) is 0. The van der Waals surface area contributed by atoms with Crippen LogP contribution in [0, 0.1) is 0 Å². The zero-order chi connectivity index (χ0) is 13.7. The van der Waals surface area contributed by atoms with Gasteiger partial charge in [-0.05, 0) is 42.3 Å². The molecular weight excluding hydrogens is 302 g/mol. The maximum absolute atomic E-state index is 12.2. The average Bonchev–Trinajstić information content (AvgIpc) is 2.69. The molecule has 1 aromatic rings. The fourth-order valence-corrected chi connectivity index (χ4v) is 2.01. The van der Waals surface area contributed by atoms with Crippen molar-refractivity contribution in [3.8, 4) is 0 Å². The van der Waals surface area contributed by atoms with E-state index in [2.05, 4.69) is 15.9 Å². The number of aliphatic carboxylic acids is 1. The van der Waals surface area contributed by atoms with E-state index in [0.29, 0.717) is 23.2 Å². The Morgan fingerprint density at radius 3 is 2.61 bits per heavy atom. The lowest BCUT2D eigenvalue weighted by Gasteiger charge is -2.26. The molecule has 100 valence electrons. The molecule has 0 aromatic carbocycles. The van der Waals surface area contributed by atoms with Crippen LogP contribution in [0.5, 0.6) is 0 Å². The number of rotatable bonds is 6. The van der Waals surface area contributed by atoms with Crippen LogP contribution < -0.4 is 0 Å². The number of amides is 1. The van der Waals surface area contributed by atoms with Gasteiger partial charge in [0, 0.05) is 19.0 Å². The second kappa shape index (κ2) is 6.58. The molecule has 0 unspecified atom stereocenters. The number of carbonyl (C=O) groups is 2. The van der Waals surface area contributed by atoms with Crippen LogP contribution >= 0.6 is 15.9 Å². The van der Waals surface area contributed by atoms with Gasteiger partial charge in [-0.1, -0.05) is 0 Å². The summed E-state index contributed by atoms with van der Waals surface area (Å²) in [6.45, 7) is 4.21. The van der Waals surface area contributed by atoms with Gasteiger partial charge in [0.25, 0.3) is 5.91 Å². The Morgan fingerprint density at radius 1 is 1.50 bits per heavy atom. The highest BCUT2D eigenvalue weighted by molar-refractivity contribution is 9.10. The van der Waals surface area contributed by atoms with E-state index in [1.165, 1.54) is 6.26 Å². The fraction of sp³-hybridized carbons (Fsp3) is 0.500. The number of nitrogens with zero attached hydrogens (tertiary/aromatic N) is 1. The Hall–Kier alpha value is -1.30. The summed E-state index contributed by atoms with van der Waals surface area (Å²) in [5.41, 5.74) is 0.457. The summed E-state index contributed by atoms with van der Waals surface area (Å²) in [5, 5.41) is 8.61. The Kier molecular flexibility index (Phi) is 5.40. The van der Waals surface area contributed by atoms with Gasteiger partial charge in [-0.3, -0.25) is 9.59 Å². The average molecular weight is 318 g/mol. The number of carboxylic acids is 1. The van der Waals surface area contributed by atoms with Gasteiger partial charge in [0.15, 0.2) is 4.67 Å². The lowest BCUT2D eigenvalue weighted by molar-refractivity contribution is -0.137. The Morgan fingerprint density at radius 2 is 2.17 bits per heavy atom. The van der Waals surface area contributed by atoms with Crippen molar-refractivity contribution < 1.29 is 19.1 Å². The van der Waals surface area contributed by atoms with Gasteiger partial charge in [0.05, 0.1) is 11.8 Å².